The van der Waals surface area contributed by atoms with Crippen molar-refractivity contribution in [3.8, 4) is 0 Å². The van der Waals surface area contributed by atoms with Crippen LogP contribution in [0.15, 0.2) is 54.6 Å². The smallest absolute Gasteiger partial charge is 0.330 e. The molecule has 2 atom stereocenters. The van der Waals surface area contributed by atoms with Gasteiger partial charge in [0.05, 0.1) is 12.5 Å². The van der Waals surface area contributed by atoms with E-state index in [0.29, 0.717) is 5.56 Å². The molecule has 0 bridgehead atoms. The first-order valence-electron chi connectivity index (χ1n) is 8.27. The quantitative estimate of drug-likeness (QED) is 0.712. The number of nitrogens with one attached hydrogen (secondary N) is 2. The van der Waals surface area contributed by atoms with Gasteiger partial charge in [0, 0.05) is 6.92 Å². The van der Waals surface area contributed by atoms with Gasteiger partial charge in [0.25, 0.3) is 0 Å². The fraction of sp³-hybridized carbons (Fsp3) is 0.250. The zero-order valence-corrected chi connectivity index (χ0v) is 14.7. The Hall–Kier alpha value is -3.15. The largest absolute Gasteiger partial charge is 0.479 e. The van der Waals surface area contributed by atoms with Crippen molar-refractivity contribution in [2.45, 2.75) is 32.4 Å². The summed E-state index contributed by atoms with van der Waals surface area (Å²) in [4.78, 5) is 35.5. The van der Waals surface area contributed by atoms with Crippen LogP contribution in [0.5, 0.6) is 0 Å². The maximum Gasteiger partial charge on any atom is 0.330 e. The first-order chi connectivity index (χ1) is 12.4. The Kier molecular flexibility index (Phi) is 6.49. The predicted molar refractivity (Wildman–Crippen MR) is 97.3 cm³/mol. The minimum atomic E-state index is -1.14. The Morgan fingerprint density at radius 2 is 1.54 bits per heavy atom. The highest BCUT2D eigenvalue weighted by Gasteiger charge is 2.24. The number of benzene rings is 2. The van der Waals surface area contributed by atoms with Gasteiger partial charge in [-0.15, -0.1) is 0 Å². The molecule has 0 spiro atoms. The van der Waals surface area contributed by atoms with E-state index >= 15 is 0 Å². The Bertz CT molecular complexity index is 772. The van der Waals surface area contributed by atoms with E-state index in [1.54, 1.807) is 30.3 Å². The highest BCUT2D eigenvalue weighted by molar-refractivity contribution is 5.85. The normalized spacial score (nSPS) is 12.7. The number of rotatable bonds is 7. The monoisotopic (exact) mass is 354 g/mol. The van der Waals surface area contributed by atoms with Gasteiger partial charge in [-0.2, -0.15) is 0 Å². The van der Waals surface area contributed by atoms with Crippen molar-refractivity contribution in [3.05, 3.63) is 71.3 Å². The van der Waals surface area contributed by atoms with E-state index in [2.05, 4.69) is 10.6 Å². The highest BCUT2D eigenvalue weighted by Crippen LogP contribution is 2.19. The van der Waals surface area contributed by atoms with Crippen LogP contribution < -0.4 is 10.6 Å². The van der Waals surface area contributed by atoms with Crippen molar-refractivity contribution in [2.24, 2.45) is 0 Å². The first kappa shape index (κ1) is 19.2. The number of carbonyl (C=O) groups is 3. The van der Waals surface area contributed by atoms with E-state index in [9.17, 15) is 19.5 Å². The summed E-state index contributed by atoms with van der Waals surface area (Å²) in [6.07, 6.45) is -0.0563. The third-order valence-electron chi connectivity index (χ3n) is 3.93. The van der Waals surface area contributed by atoms with Crippen molar-refractivity contribution >= 4 is 17.8 Å². The zero-order valence-electron chi connectivity index (χ0n) is 14.7. The summed E-state index contributed by atoms with van der Waals surface area (Å²) in [6, 6.07) is 14.3. The van der Waals surface area contributed by atoms with Crippen LogP contribution in [0.1, 0.15) is 42.1 Å². The maximum absolute atomic E-state index is 12.4. The molecular formula is C20H22N2O4. The van der Waals surface area contributed by atoms with E-state index in [1.165, 1.54) is 6.92 Å². The number of carboxylic acid groups (broad SMARTS) is 1. The van der Waals surface area contributed by atoms with E-state index in [1.807, 2.05) is 31.2 Å². The third-order valence-corrected chi connectivity index (χ3v) is 3.93. The molecule has 0 aliphatic carbocycles. The molecule has 2 aromatic rings. The summed E-state index contributed by atoms with van der Waals surface area (Å²) in [5.74, 6) is -1.86. The van der Waals surface area contributed by atoms with Gasteiger partial charge in [-0.05, 0) is 18.1 Å². The number of carbonyl (C=O) groups excluding carboxylic acids is 2. The summed E-state index contributed by atoms with van der Waals surface area (Å²) in [5.41, 5.74) is 2.34. The third kappa shape index (κ3) is 5.44. The molecule has 0 fully saturated rings. The van der Waals surface area contributed by atoms with Crippen LogP contribution >= 0.6 is 0 Å². The number of aliphatic carboxylic acids is 1. The van der Waals surface area contributed by atoms with Crippen molar-refractivity contribution in [1.29, 1.82) is 0 Å². The maximum atomic E-state index is 12.4. The fourth-order valence-electron chi connectivity index (χ4n) is 2.63. The molecule has 2 amide bonds. The summed E-state index contributed by atoms with van der Waals surface area (Å²) in [5, 5.41) is 14.7. The second-order valence-electron chi connectivity index (χ2n) is 6.12. The van der Waals surface area contributed by atoms with E-state index in [4.69, 9.17) is 0 Å². The van der Waals surface area contributed by atoms with Crippen molar-refractivity contribution < 1.29 is 19.5 Å². The van der Waals surface area contributed by atoms with Crippen molar-refractivity contribution in [1.82, 2.24) is 10.6 Å². The Morgan fingerprint density at radius 1 is 0.923 bits per heavy atom. The minimum absolute atomic E-state index is 0.0563. The van der Waals surface area contributed by atoms with Gasteiger partial charge in [-0.1, -0.05) is 60.2 Å². The molecule has 0 aliphatic heterocycles. The van der Waals surface area contributed by atoms with Crippen LogP contribution in [0.4, 0.5) is 0 Å². The number of hydrogen-bond acceptors (Lipinski definition) is 3. The zero-order chi connectivity index (χ0) is 19.1. The molecule has 6 nitrogen and oxygen atoms in total. The molecule has 0 aliphatic rings. The molecular weight excluding hydrogens is 332 g/mol. The van der Waals surface area contributed by atoms with Gasteiger partial charge in [0.15, 0.2) is 6.04 Å². The Labute approximate surface area is 152 Å². The lowest BCUT2D eigenvalue weighted by molar-refractivity contribution is -0.142. The van der Waals surface area contributed by atoms with Crippen LogP contribution in [0.2, 0.25) is 0 Å². The summed E-state index contributed by atoms with van der Waals surface area (Å²) in [7, 11) is 0. The molecule has 0 saturated carbocycles. The molecule has 0 radical (unpaired) electrons. The van der Waals surface area contributed by atoms with Crippen LogP contribution in [-0.4, -0.2) is 22.9 Å². The first-order valence-corrected chi connectivity index (χ1v) is 8.27. The van der Waals surface area contributed by atoms with E-state index in [-0.39, 0.29) is 12.3 Å². The van der Waals surface area contributed by atoms with Gasteiger partial charge in [0.2, 0.25) is 11.8 Å². The van der Waals surface area contributed by atoms with Gasteiger partial charge in [-0.25, -0.2) is 4.79 Å². The number of aryl methyl sites for hydroxylation is 1. The van der Waals surface area contributed by atoms with Gasteiger partial charge >= 0.3 is 5.97 Å². The minimum Gasteiger partial charge on any atom is -0.479 e. The molecule has 2 rings (SSSR count). The summed E-state index contributed by atoms with van der Waals surface area (Å²) in [6.45, 7) is 3.32. The molecule has 0 heterocycles. The van der Waals surface area contributed by atoms with Crippen LogP contribution in [0, 0.1) is 6.92 Å². The number of amides is 2. The van der Waals surface area contributed by atoms with Gasteiger partial charge < -0.3 is 15.7 Å². The van der Waals surface area contributed by atoms with Gasteiger partial charge in [0.1, 0.15) is 0 Å². The fourth-order valence-corrected chi connectivity index (χ4v) is 2.63. The number of carboxylic acids is 1. The Balaban J connectivity index is 2.14. The molecule has 0 aromatic heterocycles. The number of hydrogen-bond donors (Lipinski definition) is 3. The second-order valence-corrected chi connectivity index (χ2v) is 6.12. The topological polar surface area (TPSA) is 95.5 Å². The van der Waals surface area contributed by atoms with Crippen LogP contribution in [0.3, 0.4) is 0 Å². The lowest BCUT2D eigenvalue weighted by Crippen LogP contribution is -2.37. The lowest BCUT2D eigenvalue weighted by Gasteiger charge is -2.20. The predicted octanol–water partition coefficient (Wildman–Crippen LogP) is 2.50. The van der Waals surface area contributed by atoms with Crippen LogP contribution in [-0.2, 0) is 14.4 Å². The van der Waals surface area contributed by atoms with Crippen molar-refractivity contribution in [2.75, 3.05) is 0 Å². The molecule has 6 heteroatoms. The summed E-state index contributed by atoms with van der Waals surface area (Å²) < 4.78 is 0. The molecule has 3 N–H and O–H groups in total. The highest BCUT2D eigenvalue weighted by atomic mass is 16.4. The average molecular weight is 354 g/mol. The average Bonchev–Trinajstić information content (AvgIpc) is 2.60. The van der Waals surface area contributed by atoms with E-state index < -0.39 is 24.0 Å². The van der Waals surface area contributed by atoms with Crippen LogP contribution in [0.25, 0.3) is 0 Å². The molecule has 2 unspecified atom stereocenters. The standard InChI is InChI=1S/C20H22N2O4/c1-13-8-10-15(11-9-13)17(21-14(2)23)12-18(24)22-19(20(25)26)16-6-4-3-5-7-16/h3-11,17,19H,12H2,1-2H3,(H,21,23)(H,22,24)(H,25,26). The molecule has 136 valence electrons. The SMILES string of the molecule is CC(=O)NC(CC(=O)NC(C(=O)O)c1ccccc1)c1ccc(C)cc1. The molecule has 2 aromatic carbocycles. The molecule has 0 saturated heterocycles. The van der Waals surface area contributed by atoms with E-state index in [0.717, 1.165) is 11.1 Å². The van der Waals surface area contributed by atoms with Crippen molar-refractivity contribution in [3.63, 3.8) is 0 Å². The lowest BCUT2D eigenvalue weighted by atomic mass is 10.0. The van der Waals surface area contributed by atoms with Gasteiger partial charge in [-0.3, -0.25) is 9.59 Å². The molecule has 26 heavy (non-hydrogen) atoms. The summed E-state index contributed by atoms with van der Waals surface area (Å²) >= 11 is 0. The Morgan fingerprint density at radius 3 is 2.08 bits per heavy atom. The second kappa shape index (κ2) is 8.80.